The van der Waals surface area contributed by atoms with Crippen LogP contribution < -0.4 is 5.32 Å². The first-order valence-electron chi connectivity index (χ1n) is 6.96. The van der Waals surface area contributed by atoms with E-state index in [-0.39, 0.29) is 0 Å². The van der Waals surface area contributed by atoms with E-state index >= 15 is 0 Å². The molecule has 1 aromatic heterocycles. The average Bonchev–Trinajstić information content (AvgIpc) is 2.93. The fourth-order valence-corrected chi connectivity index (χ4v) is 3.59. The first-order chi connectivity index (χ1) is 9.35. The molecule has 1 aliphatic carbocycles. The maximum atomic E-state index is 4.71. The molecule has 0 saturated heterocycles. The van der Waals surface area contributed by atoms with E-state index in [4.69, 9.17) is 4.98 Å². The van der Waals surface area contributed by atoms with Crippen LogP contribution in [0.4, 0.5) is 0 Å². The van der Waals surface area contributed by atoms with Gasteiger partial charge in [-0.15, -0.1) is 0 Å². The van der Waals surface area contributed by atoms with E-state index in [2.05, 4.69) is 41.9 Å². The normalized spacial score (nSPS) is 23.0. The molecule has 2 aromatic rings. The Balaban J connectivity index is 1.62. The summed E-state index contributed by atoms with van der Waals surface area (Å²) in [6, 6.07) is 13.3. The molecule has 1 aromatic carbocycles. The van der Waals surface area contributed by atoms with Crippen LogP contribution in [0.5, 0.6) is 0 Å². The van der Waals surface area contributed by atoms with Crippen LogP contribution >= 0.6 is 11.8 Å². The Bertz CT molecular complexity index is 555. The van der Waals surface area contributed by atoms with Gasteiger partial charge in [0.25, 0.3) is 0 Å². The minimum atomic E-state index is 0.672. The summed E-state index contributed by atoms with van der Waals surface area (Å²) in [5.74, 6) is 0. The molecular formula is C16H20N2S. The molecule has 1 heterocycles. The first-order valence-corrected chi connectivity index (χ1v) is 8.25. The van der Waals surface area contributed by atoms with Crippen LogP contribution in [0, 0.1) is 0 Å². The summed E-state index contributed by atoms with van der Waals surface area (Å²) in [4.78, 5) is 4.71. The van der Waals surface area contributed by atoms with Gasteiger partial charge in [-0.05, 0) is 37.7 Å². The second kappa shape index (κ2) is 5.93. The van der Waals surface area contributed by atoms with Gasteiger partial charge in [0.2, 0.25) is 0 Å². The van der Waals surface area contributed by atoms with Gasteiger partial charge in [-0.25, -0.2) is 0 Å². The summed E-state index contributed by atoms with van der Waals surface area (Å²) in [6.45, 7) is 0.886. The standard InChI is InChI=1S/C16H20N2S/c1-19-15-9-8-13(10-15)17-11-14-7-6-12-4-2-3-5-16(12)18-14/h2-7,13,15,17H,8-11H2,1H3. The molecule has 0 aliphatic heterocycles. The topological polar surface area (TPSA) is 24.9 Å². The number of hydrogen-bond acceptors (Lipinski definition) is 3. The van der Waals surface area contributed by atoms with Crippen molar-refractivity contribution in [3.05, 3.63) is 42.1 Å². The predicted molar refractivity (Wildman–Crippen MR) is 83.5 cm³/mol. The molecule has 1 fully saturated rings. The van der Waals surface area contributed by atoms with Crippen molar-refractivity contribution < 1.29 is 0 Å². The number of benzene rings is 1. The monoisotopic (exact) mass is 272 g/mol. The largest absolute Gasteiger partial charge is 0.308 e. The number of para-hydroxylation sites is 1. The van der Waals surface area contributed by atoms with Crippen molar-refractivity contribution in [1.82, 2.24) is 10.3 Å². The zero-order valence-corrected chi connectivity index (χ0v) is 12.1. The van der Waals surface area contributed by atoms with E-state index in [1.165, 1.54) is 24.6 Å². The fourth-order valence-electron chi connectivity index (χ4n) is 2.80. The Hall–Kier alpha value is -1.06. The summed E-state index contributed by atoms with van der Waals surface area (Å²) in [7, 11) is 0. The minimum absolute atomic E-state index is 0.672. The van der Waals surface area contributed by atoms with E-state index in [1.54, 1.807) is 0 Å². The number of nitrogens with zero attached hydrogens (tertiary/aromatic N) is 1. The Labute approximate surface area is 119 Å². The summed E-state index contributed by atoms with van der Waals surface area (Å²) < 4.78 is 0. The summed E-state index contributed by atoms with van der Waals surface area (Å²) in [5, 5.41) is 5.72. The number of nitrogens with one attached hydrogen (secondary N) is 1. The third-order valence-corrected chi connectivity index (χ3v) is 5.04. The lowest BCUT2D eigenvalue weighted by Gasteiger charge is -2.12. The molecule has 0 radical (unpaired) electrons. The molecule has 0 bridgehead atoms. The lowest BCUT2D eigenvalue weighted by molar-refractivity contribution is 0.521. The molecule has 3 heteroatoms. The maximum absolute atomic E-state index is 4.71. The number of fused-ring (bicyclic) bond motifs is 1. The highest BCUT2D eigenvalue weighted by atomic mass is 32.2. The SMILES string of the molecule is CSC1CCC(NCc2ccc3ccccc3n2)C1. The molecule has 2 atom stereocenters. The van der Waals surface area contributed by atoms with Crippen molar-refractivity contribution in [3.63, 3.8) is 0 Å². The van der Waals surface area contributed by atoms with Crippen LogP contribution in [0.3, 0.4) is 0 Å². The Kier molecular flexibility index (Phi) is 4.04. The number of pyridine rings is 1. The van der Waals surface area contributed by atoms with Gasteiger partial charge in [0.15, 0.2) is 0 Å². The molecule has 1 saturated carbocycles. The first kappa shape index (κ1) is 12.9. The van der Waals surface area contributed by atoms with Crippen molar-refractivity contribution in [3.8, 4) is 0 Å². The van der Waals surface area contributed by atoms with Crippen molar-refractivity contribution in [2.24, 2.45) is 0 Å². The van der Waals surface area contributed by atoms with Gasteiger partial charge in [-0.2, -0.15) is 11.8 Å². The fraction of sp³-hybridized carbons (Fsp3) is 0.438. The minimum Gasteiger partial charge on any atom is -0.308 e. The highest BCUT2D eigenvalue weighted by Crippen LogP contribution is 2.28. The molecule has 1 N–H and O–H groups in total. The summed E-state index contributed by atoms with van der Waals surface area (Å²) >= 11 is 2.00. The van der Waals surface area contributed by atoms with Crippen molar-refractivity contribution in [2.45, 2.75) is 37.1 Å². The average molecular weight is 272 g/mol. The molecule has 2 nitrogen and oxygen atoms in total. The quantitative estimate of drug-likeness (QED) is 0.920. The molecular weight excluding hydrogens is 252 g/mol. The molecule has 3 rings (SSSR count). The highest BCUT2D eigenvalue weighted by molar-refractivity contribution is 7.99. The van der Waals surface area contributed by atoms with E-state index in [1.807, 2.05) is 17.8 Å². The van der Waals surface area contributed by atoms with E-state index in [0.29, 0.717) is 6.04 Å². The van der Waals surface area contributed by atoms with Gasteiger partial charge in [0.1, 0.15) is 0 Å². The van der Waals surface area contributed by atoms with Gasteiger partial charge >= 0.3 is 0 Å². The Morgan fingerprint density at radius 1 is 1.21 bits per heavy atom. The third kappa shape index (κ3) is 3.10. The van der Waals surface area contributed by atoms with Gasteiger partial charge in [-0.3, -0.25) is 4.98 Å². The molecule has 2 unspecified atom stereocenters. The number of rotatable bonds is 4. The molecule has 0 amide bonds. The van der Waals surface area contributed by atoms with Crippen LogP contribution in [-0.2, 0) is 6.54 Å². The third-order valence-electron chi connectivity index (χ3n) is 3.95. The second-order valence-electron chi connectivity index (χ2n) is 5.24. The summed E-state index contributed by atoms with van der Waals surface area (Å²) in [5.41, 5.74) is 2.24. The van der Waals surface area contributed by atoms with Crippen molar-refractivity contribution >= 4 is 22.7 Å². The zero-order valence-electron chi connectivity index (χ0n) is 11.3. The molecule has 0 spiro atoms. The zero-order chi connectivity index (χ0) is 13.1. The van der Waals surface area contributed by atoms with Crippen LogP contribution in [0.15, 0.2) is 36.4 Å². The number of hydrogen-bond donors (Lipinski definition) is 1. The lowest BCUT2D eigenvalue weighted by Crippen LogP contribution is -2.26. The Morgan fingerprint density at radius 2 is 2.11 bits per heavy atom. The molecule has 19 heavy (non-hydrogen) atoms. The maximum Gasteiger partial charge on any atom is 0.0705 e. The number of aromatic nitrogens is 1. The lowest BCUT2D eigenvalue weighted by atomic mass is 10.2. The number of thioether (sulfide) groups is 1. The van der Waals surface area contributed by atoms with E-state index < -0.39 is 0 Å². The summed E-state index contributed by atoms with van der Waals surface area (Å²) in [6.07, 6.45) is 6.18. The van der Waals surface area contributed by atoms with E-state index in [9.17, 15) is 0 Å². The van der Waals surface area contributed by atoms with E-state index in [0.717, 1.165) is 23.0 Å². The molecule has 100 valence electrons. The van der Waals surface area contributed by atoms with Crippen LogP contribution in [0.25, 0.3) is 10.9 Å². The van der Waals surface area contributed by atoms with Crippen molar-refractivity contribution in [2.75, 3.05) is 6.26 Å². The van der Waals surface area contributed by atoms with Gasteiger partial charge < -0.3 is 5.32 Å². The second-order valence-corrected chi connectivity index (χ2v) is 6.38. The predicted octanol–water partition coefficient (Wildman–Crippen LogP) is 3.61. The smallest absolute Gasteiger partial charge is 0.0705 e. The highest BCUT2D eigenvalue weighted by Gasteiger charge is 2.23. The van der Waals surface area contributed by atoms with Crippen LogP contribution in [0.1, 0.15) is 25.0 Å². The van der Waals surface area contributed by atoms with Gasteiger partial charge in [0.05, 0.1) is 11.2 Å². The van der Waals surface area contributed by atoms with Crippen LogP contribution in [0.2, 0.25) is 0 Å². The van der Waals surface area contributed by atoms with Gasteiger partial charge in [-0.1, -0.05) is 24.3 Å². The molecule has 1 aliphatic rings. The van der Waals surface area contributed by atoms with Gasteiger partial charge in [0, 0.05) is 23.2 Å². The van der Waals surface area contributed by atoms with Crippen molar-refractivity contribution in [1.29, 1.82) is 0 Å². The Morgan fingerprint density at radius 3 is 2.95 bits per heavy atom. The van der Waals surface area contributed by atoms with Crippen LogP contribution in [-0.4, -0.2) is 22.5 Å².